The van der Waals surface area contributed by atoms with E-state index in [4.69, 9.17) is 17.3 Å². The second kappa shape index (κ2) is 7.49. The van der Waals surface area contributed by atoms with Gasteiger partial charge in [-0.3, -0.25) is 0 Å². The van der Waals surface area contributed by atoms with Crippen LogP contribution < -0.4 is 17.3 Å². The summed E-state index contributed by atoms with van der Waals surface area (Å²) in [7, 11) is 0. The van der Waals surface area contributed by atoms with E-state index in [2.05, 4.69) is 4.90 Å². The molecule has 0 aromatic heterocycles. The third-order valence-corrected chi connectivity index (χ3v) is 3.21. The molecule has 1 saturated heterocycles. The lowest BCUT2D eigenvalue weighted by molar-refractivity contribution is 0.180. The number of rotatable bonds is 6. The maximum Gasteiger partial charge on any atom is 0.0348 e. The number of hydrogen-bond donors (Lipinski definition) is 3. The Kier molecular flexibility index (Phi) is 6.22. The monoisotopic (exact) mass is 227 g/mol. The summed E-state index contributed by atoms with van der Waals surface area (Å²) >= 11 is 0. The molecule has 0 radical (unpaired) electrons. The summed E-state index contributed by atoms with van der Waals surface area (Å²) in [5.74, 6) is 6.41. The summed E-state index contributed by atoms with van der Waals surface area (Å²) < 4.78 is 0. The molecule has 1 aliphatic heterocycles. The molecule has 0 spiro atoms. The first kappa shape index (κ1) is 13.3. The lowest BCUT2D eigenvalue weighted by Crippen LogP contribution is -2.38. The van der Waals surface area contributed by atoms with Crippen LogP contribution in [0.5, 0.6) is 0 Å². The Morgan fingerprint density at radius 3 is 2.56 bits per heavy atom. The van der Waals surface area contributed by atoms with Gasteiger partial charge in [-0.2, -0.15) is 0 Å². The van der Waals surface area contributed by atoms with Crippen molar-refractivity contribution in [3.8, 4) is 0 Å². The molecule has 1 fully saturated rings. The van der Waals surface area contributed by atoms with Gasteiger partial charge in [-0.1, -0.05) is 0 Å². The smallest absolute Gasteiger partial charge is 0.0348 e. The fourth-order valence-corrected chi connectivity index (χ4v) is 2.11. The van der Waals surface area contributed by atoms with Crippen LogP contribution in [0.3, 0.4) is 0 Å². The predicted octanol–water partition coefficient (Wildman–Crippen LogP) is -0.347. The Balaban J connectivity index is 2.06. The van der Waals surface area contributed by atoms with Gasteiger partial charge in [0.15, 0.2) is 0 Å². The maximum absolute atomic E-state index is 5.67. The highest BCUT2D eigenvalue weighted by molar-refractivity contribution is 4.75. The van der Waals surface area contributed by atoms with Crippen molar-refractivity contribution in [2.45, 2.75) is 19.3 Å². The molecule has 16 heavy (non-hydrogen) atoms. The number of nitrogens with zero attached hydrogens (tertiary/aromatic N) is 2. The van der Waals surface area contributed by atoms with Gasteiger partial charge in [0.25, 0.3) is 0 Å². The molecule has 1 heterocycles. The van der Waals surface area contributed by atoms with Crippen LogP contribution in [0, 0.1) is 5.92 Å². The van der Waals surface area contributed by atoms with Gasteiger partial charge < -0.3 is 21.4 Å². The van der Waals surface area contributed by atoms with E-state index in [1.807, 2.05) is 0 Å². The van der Waals surface area contributed by atoms with Crippen molar-refractivity contribution < 1.29 is 0 Å². The lowest BCUT2D eigenvalue weighted by Gasteiger charge is -2.31. The zero-order valence-corrected chi connectivity index (χ0v) is 10.0. The zero-order valence-electron chi connectivity index (χ0n) is 10.0. The minimum atomic E-state index is 0.738. The van der Waals surface area contributed by atoms with Crippen molar-refractivity contribution in [1.82, 2.24) is 9.91 Å². The van der Waals surface area contributed by atoms with Crippen molar-refractivity contribution in [3.05, 3.63) is 12.4 Å². The molecule has 0 aliphatic carbocycles. The molecule has 0 unspecified atom stereocenters. The van der Waals surface area contributed by atoms with Crippen LogP contribution in [0.2, 0.25) is 0 Å². The highest BCUT2D eigenvalue weighted by Gasteiger charge is 2.17. The van der Waals surface area contributed by atoms with Crippen molar-refractivity contribution in [2.75, 3.05) is 32.7 Å². The number of piperidine rings is 1. The van der Waals surface area contributed by atoms with E-state index in [1.165, 1.54) is 32.1 Å². The molecule has 0 amide bonds. The third kappa shape index (κ3) is 4.83. The van der Waals surface area contributed by atoms with Crippen LogP contribution in [-0.4, -0.2) is 42.6 Å². The number of hydrogen-bond acceptors (Lipinski definition) is 5. The quantitative estimate of drug-likeness (QED) is 0.427. The maximum atomic E-state index is 5.67. The van der Waals surface area contributed by atoms with Crippen molar-refractivity contribution in [2.24, 2.45) is 23.2 Å². The fraction of sp³-hybridized carbons (Fsp3) is 0.818. The molecule has 1 aliphatic rings. The normalized spacial score (nSPS) is 19.4. The molecular formula is C11H25N5. The summed E-state index contributed by atoms with van der Waals surface area (Å²) in [6.45, 7) is 5.16. The third-order valence-electron chi connectivity index (χ3n) is 3.21. The largest absolute Gasteiger partial charge is 0.403 e. The van der Waals surface area contributed by atoms with Gasteiger partial charge in [0.05, 0.1) is 0 Å². The molecule has 6 N–H and O–H groups in total. The summed E-state index contributed by atoms with van der Waals surface area (Å²) in [5.41, 5.74) is 10.9. The Labute approximate surface area is 98.2 Å². The minimum absolute atomic E-state index is 0.738. The highest BCUT2D eigenvalue weighted by Crippen LogP contribution is 2.15. The average Bonchev–Trinajstić information content (AvgIpc) is 2.30. The van der Waals surface area contributed by atoms with E-state index in [0.717, 1.165) is 32.0 Å². The average molecular weight is 227 g/mol. The van der Waals surface area contributed by atoms with E-state index in [9.17, 15) is 0 Å². The van der Waals surface area contributed by atoms with Crippen LogP contribution >= 0.6 is 0 Å². The Bertz CT molecular complexity index is 199. The Morgan fingerprint density at radius 2 is 2.00 bits per heavy atom. The first-order valence-corrected chi connectivity index (χ1v) is 6.08. The molecule has 0 aromatic carbocycles. The van der Waals surface area contributed by atoms with Crippen molar-refractivity contribution >= 4 is 0 Å². The number of hydrazine groups is 1. The first-order valence-electron chi connectivity index (χ1n) is 6.08. The second-order valence-electron chi connectivity index (χ2n) is 4.45. The van der Waals surface area contributed by atoms with Gasteiger partial charge in [-0.05, 0) is 51.4 Å². The second-order valence-corrected chi connectivity index (χ2v) is 4.45. The van der Waals surface area contributed by atoms with Gasteiger partial charge in [0, 0.05) is 18.9 Å². The van der Waals surface area contributed by atoms with E-state index in [1.54, 1.807) is 11.2 Å². The van der Waals surface area contributed by atoms with Crippen molar-refractivity contribution in [1.29, 1.82) is 0 Å². The van der Waals surface area contributed by atoms with Gasteiger partial charge in [0.2, 0.25) is 0 Å². The molecule has 94 valence electrons. The van der Waals surface area contributed by atoms with E-state index < -0.39 is 0 Å². The van der Waals surface area contributed by atoms with Gasteiger partial charge in [0.1, 0.15) is 0 Å². The van der Waals surface area contributed by atoms with E-state index in [0.29, 0.717) is 0 Å². The van der Waals surface area contributed by atoms with Crippen molar-refractivity contribution in [3.63, 3.8) is 0 Å². The standard InChI is InChI=1S/C11H25N5/c12-4-9-16(14)6-1-5-15-7-2-11(10-13)3-8-15/h4,9,11H,1-3,5-8,10,12-14H2/b9-4-. The molecule has 0 saturated carbocycles. The predicted molar refractivity (Wildman–Crippen MR) is 67.1 cm³/mol. The molecule has 5 nitrogen and oxygen atoms in total. The molecule has 0 bridgehead atoms. The summed E-state index contributed by atoms with van der Waals surface area (Å²) in [6, 6.07) is 0. The van der Waals surface area contributed by atoms with Crippen LogP contribution in [0.1, 0.15) is 19.3 Å². The first-order chi connectivity index (χ1) is 7.76. The summed E-state index contributed by atoms with van der Waals surface area (Å²) in [6.07, 6.45) is 6.72. The fourth-order valence-electron chi connectivity index (χ4n) is 2.11. The molecule has 1 rings (SSSR count). The highest BCUT2D eigenvalue weighted by atomic mass is 15.4. The Hall–Kier alpha value is -0.780. The van der Waals surface area contributed by atoms with Crippen LogP contribution in [0.4, 0.5) is 0 Å². The minimum Gasteiger partial charge on any atom is -0.403 e. The van der Waals surface area contributed by atoms with E-state index >= 15 is 0 Å². The molecule has 0 atom stereocenters. The van der Waals surface area contributed by atoms with Gasteiger partial charge in [-0.15, -0.1) is 0 Å². The topological polar surface area (TPSA) is 84.5 Å². The van der Waals surface area contributed by atoms with Gasteiger partial charge in [-0.25, -0.2) is 5.84 Å². The molecular weight excluding hydrogens is 202 g/mol. The van der Waals surface area contributed by atoms with Gasteiger partial charge >= 0.3 is 0 Å². The van der Waals surface area contributed by atoms with Crippen LogP contribution in [0.25, 0.3) is 0 Å². The number of likely N-dealkylation sites (tertiary alicyclic amines) is 1. The lowest BCUT2D eigenvalue weighted by atomic mass is 9.97. The molecule has 5 heteroatoms. The molecule has 0 aromatic rings. The van der Waals surface area contributed by atoms with Crippen LogP contribution in [-0.2, 0) is 0 Å². The van der Waals surface area contributed by atoms with Crippen LogP contribution in [0.15, 0.2) is 12.4 Å². The zero-order chi connectivity index (χ0) is 11.8. The SMILES string of the molecule is N/C=C\N(N)CCCN1CCC(CN)CC1. The summed E-state index contributed by atoms with van der Waals surface area (Å²) in [4.78, 5) is 2.49. The Morgan fingerprint density at radius 1 is 1.31 bits per heavy atom. The number of nitrogens with two attached hydrogens (primary N) is 3. The van der Waals surface area contributed by atoms with E-state index in [-0.39, 0.29) is 0 Å². The summed E-state index contributed by atoms with van der Waals surface area (Å²) in [5, 5.41) is 1.63.